The molecular formula is C18H21N11O5S3. The largest absolute Gasteiger partial charge is 0.477 e. The molecule has 2 aromatic rings. The lowest BCUT2D eigenvalue weighted by atomic mass is 10.0. The molecule has 0 radical (unpaired) electrons. The number of β-lactam (4-membered cyclic amide) rings is 1. The molecule has 16 nitrogen and oxygen atoms in total. The molecule has 2 atom stereocenters. The van der Waals surface area contributed by atoms with Crippen molar-refractivity contribution in [3.63, 3.8) is 0 Å². The number of nitrogen functional groups attached to an aromatic ring is 1. The zero-order chi connectivity index (χ0) is 26.5. The highest BCUT2D eigenvalue weighted by Crippen LogP contribution is 2.41. The number of nitrogens with zero attached hydrogens (tertiary/aromatic N) is 8. The van der Waals surface area contributed by atoms with Gasteiger partial charge in [-0.2, -0.15) is 9.36 Å². The minimum atomic E-state index is -1.25. The maximum absolute atomic E-state index is 13.0. The van der Waals surface area contributed by atoms with Crippen molar-refractivity contribution in [2.75, 3.05) is 30.4 Å². The number of rotatable bonds is 12. The van der Waals surface area contributed by atoms with Crippen LogP contribution in [0.2, 0.25) is 0 Å². The lowest BCUT2D eigenvalue weighted by Gasteiger charge is -2.49. The normalized spacial score (nSPS) is 19.3. The highest BCUT2D eigenvalue weighted by Gasteiger charge is 2.54. The van der Waals surface area contributed by atoms with Crippen LogP contribution in [0.1, 0.15) is 5.82 Å². The summed E-state index contributed by atoms with van der Waals surface area (Å²) < 4.78 is 5.49. The van der Waals surface area contributed by atoms with Gasteiger partial charge in [-0.1, -0.05) is 29.6 Å². The molecule has 196 valence electrons. The molecule has 6 N–H and O–H groups in total. The number of carbonyl (C=O) groups is 3. The van der Waals surface area contributed by atoms with E-state index in [-0.39, 0.29) is 34.7 Å². The van der Waals surface area contributed by atoms with E-state index in [0.29, 0.717) is 29.6 Å². The van der Waals surface area contributed by atoms with Crippen molar-refractivity contribution < 1.29 is 24.3 Å². The molecule has 4 rings (SSSR count). The van der Waals surface area contributed by atoms with E-state index in [1.54, 1.807) is 0 Å². The molecule has 0 aromatic carbocycles. The maximum atomic E-state index is 13.0. The summed E-state index contributed by atoms with van der Waals surface area (Å²) in [5.74, 6) is -2.08. The van der Waals surface area contributed by atoms with Gasteiger partial charge in [0.1, 0.15) is 23.7 Å². The second kappa shape index (κ2) is 11.7. The van der Waals surface area contributed by atoms with Gasteiger partial charge in [0.05, 0.1) is 6.54 Å². The van der Waals surface area contributed by atoms with Crippen LogP contribution in [-0.4, -0.2) is 99.1 Å². The van der Waals surface area contributed by atoms with Gasteiger partial charge in [-0.05, 0) is 16.0 Å². The van der Waals surface area contributed by atoms with Crippen LogP contribution >= 0.6 is 35.1 Å². The number of carbonyl (C=O) groups excluding carboxylic acids is 2. The first-order valence-corrected chi connectivity index (χ1v) is 13.4. The Morgan fingerprint density at radius 2 is 2.24 bits per heavy atom. The predicted octanol–water partition coefficient (Wildman–Crippen LogP) is -1.50. The number of tetrazole rings is 1. The molecule has 37 heavy (non-hydrogen) atoms. The zero-order valence-corrected chi connectivity index (χ0v) is 21.5. The average Bonchev–Trinajstić information content (AvgIpc) is 3.51. The van der Waals surface area contributed by atoms with E-state index in [9.17, 15) is 19.5 Å². The van der Waals surface area contributed by atoms with Gasteiger partial charge < -0.3 is 26.7 Å². The molecule has 2 aliphatic heterocycles. The molecule has 19 heteroatoms. The summed E-state index contributed by atoms with van der Waals surface area (Å²) in [6.07, 6.45) is 1.43. The van der Waals surface area contributed by atoms with Crippen LogP contribution < -0.4 is 16.8 Å². The predicted molar refractivity (Wildman–Crippen MR) is 134 cm³/mol. The van der Waals surface area contributed by atoms with Crippen molar-refractivity contribution in [1.82, 2.24) is 39.8 Å². The third-order valence-electron chi connectivity index (χ3n) is 4.97. The van der Waals surface area contributed by atoms with Crippen LogP contribution in [0.15, 0.2) is 34.2 Å². The topological polar surface area (TPSA) is 230 Å². The van der Waals surface area contributed by atoms with Crippen LogP contribution in [0.4, 0.5) is 5.13 Å². The number of hydrogen-bond acceptors (Lipinski definition) is 15. The first-order valence-electron chi connectivity index (χ1n) is 10.6. The lowest BCUT2D eigenvalue weighted by Crippen LogP contribution is -2.71. The summed E-state index contributed by atoms with van der Waals surface area (Å²) in [6.45, 7) is 4.28. The van der Waals surface area contributed by atoms with Crippen LogP contribution in [-0.2, 0) is 25.8 Å². The number of hydrogen-bond donors (Lipinski definition) is 4. The molecule has 4 heterocycles. The Morgan fingerprint density at radius 3 is 2.92 bits per heavy atom. The van der Waals surface area contributed by atoms with Gasteiger partial charge in [0, 0.05) is 29.6 Å². The molecule has 1 fully saturated rings. The number of fused-ring (bicyclic) bond motifs is 1. The SMILES string of the molecule is C=CCON=C(C(=O)NC1C(=O)N2C(C(=O)O)=C(CSc3nnnn3CCN)CS[C@@H]12)c1nsc(N)n1. The zero-order valence-electron chi connectivity index (χ0n) is 19.0. The summed E-state index contributed by atoms with van der Waals surface area (Å²) >= 11 is 3.43. The van der Waals surface area contributed by atoms with Crippen molar-refractivity contribution in [3.8, 4) is 0 Å². The fraction of sp³-hybridized carbons (Fsp3) is 0.389. The Hall–Kier alpha value is -3.55. The Morgan fingerprint density at radius 1 is 1.43 bits per heavy atom. The quantitative estimate of drug-likeness (QED) is 0.0571. The number of amides is 2. The first kappa shape index (κ1) is 26.5. The highest BCUT2D eigenvalue weighted by molar-refractivity contribution is 8.01. The fourth-order valence-corrected chi connectivity index (χ4v) is 6.21. The average molecular weight is 568 g/mol. The smallest absolute Gasteiger partial charge is 0.352 e. The number of thioether (sulfide) groups is 2. The fourth-order valence-electron chi connectivity index (χ4n) is 3.39. The highest BCUT2D eigenvalue weighted by atomic mass is 32.2. The molecule has 1 saturated heterocycles. The number of carboxylic acid groups (broad SMARTS) is 1. The van der Waals surface area contributed by atoms with E-state index >= 15 is 0 Å². The van der Waals surface area contributed by atoms with E-state index in [0.717, 1.165) is 11.5 Å². The Balaban J connectivity index is 1.48. The Bertz CT molecular complexity index is 1280. The van der Waals surface area contributed by atoms with Crippen molar-refractivity contribution in [1.29, 1.82) is 0 Å². The minimum absolute atomic E-state index is 0.0250. The second-order valence-corrected chi connectivity index (χ2v) is 10.2. The van der Waals surface area contributed by atoms with Crippen molar-refractivity contribution >= 4 is 63.7 Å². The van der Waals surface area contributed by atoms with Gasteiger partial charge in [-0.25, -0.2) is 9.48 Å². The maximum Gasteiger partial charge on any atom is 0.352 e. The Kier molecular flexibility index (Phi) is 8.36. The van der Waals surface area contributed by atoms with E-state index in [2.05, 4.69) is 41.9 Å². The third-order valence-corrected chi connectivity index (χ3v) is 7.89. The molecule has 0 aliphatic carbocycles. The first-order chi connectivity index (χ1) is 17.8. The van der Waals surface area contributed by atoms with Gasteiger partial charge in [0.25, 0.3) is 11.8 Å². The summed E-state index contributed by atoms with van der Waals surface area (Å²) in [4.78, 5) is 48.2. The standard InChI is InChI=1S/C18H21N11O5S3/c1-2-5-34-24-9(12-22-17(20)37-25-12)13(30)21-10-14(31)29-11(16(32)33)8(6-35-15(10)29)7-36-18-23-26-27-28(18)4-3-19/h2,10,15H,1,3-7,19H2,(H,21,30)(H,32,33)(H2,20,22,25)/t10?,15-/m0/s1. The van der Waals surface area contributed by atoms with Crippen molar-refractivity contribution in [2.24, 2.45) is 10.9 Å². The third kappa shape index (κ3) is 5.58. The Labute approximate surface area is 221 Å². The van der Waals surface area contributed by atoms with Crippen LogP contribution in [0.25, 0.3) is 0 Å². The number of nitrogens with one attached hydrogen (secondary N) is 1. The number of aromatic nitrogens is 6. The van der Waals surface area contributed by atoms with Crippen LogP contribution in [0, 0.1) is 0 Å². The van der Waals surface area contributed by atoms with E-state index in [1.807, 2.05) is 0 Å². The number of aliphatic carboxylic acids is 1. The lowest BCUT2D eigenvalue weighted by molar-refractivity contribution is -0.150. The summed E-state index contributed by atoms with van der Waals surface area (Å²) in [5.41, 5.74) is 11.3. The van der Waals surface area contributed by atoms with E-state index in [4.69, 9.17) is 16.3 Å². The van der Waals surface area contributed by atoms with Crippen molar-refractivity contribution in [2.45, 2.75) is 23.1 Å². The van der Waals surface area contributed by atoms with Gasteiger partial charge in [-0.3, -0.25) is 14.5 Å². The molecule has 0 bridgehead atoms. The molecule has 1 unspecified atom stereocenters. The second-order valence-electron chi connectivity index (χ2n) is 7.36. The molecule has 2 aliphatic rings. The number of oxime groups is 1. The molecule has 0 saturated carbocycles. The number of nitrogens with two attached hydrogens (primary N) is 2. The molecule has 2 aromatic heterocycles. The van der Waals surface area contributed by atoms with Crippen molar-refractivity contribution in [3.05, 3.63) is 29.7 Å². The number of carboxylic acids is 1. The summed E-state index contributed by atoms with van der Waals surface area (Å²) in [6, 6.07) is -0.988. The summed E-state index contributed by atoms with van der Waals surface area (Å²) in [5, 5.41) is 27.6. The summed E-state index contributed by atoms with van der Waals surface area (Å²) in [7, 11) is 0. The van der Waals surface area contributed by atoms with Gasteiger partial charge in [0.2, 0.25) is 16.7 Å². The van der Waals surface area contributed by atoms with E-state index < -0.39 is 29.2 Å². The molecule has 0 spiro atoms. The minimum Gasteiger partial charge on any atom is -0.477 e. The monoisotopic (exact) mass is 567 g/mol. The van der Waals surface area contributed by atoms with Gasteiger partial charge in [-0.15, -0.1) is 16.9 Å². The van der Waals surface area contributed by atoms with Crippen LogP contribution in [0.3, 0.4) is 0 Å². The van der Waals surface area contributed by atoms with Gasteiger partial charge in [0.15, 0.2) is 5.13 Å². The van der Waals surface area contributed by atoms with Gasteiger partial charge >= 0.3 is 5.97 Å². The number of anilines is 1. The van der Waals surface area contributed by atoms with E-state index in [1.165, 1.54) is 39.2 Å². The van der Waals surface area contributed by atoms with Crippen LogP contribution in [0.5, 0.6) is 0 Å². The molecular weight excluding hydrogens is 546 g/mol. The molecule has 2 amide bonds.